The first-order chi connectivity index (χ1) is 10.2. The van der Waals surface area contributed by atoms with Crippen LogP contribution in [0.15, 0.2) is 48.5 Å². The average molecular weight is 281 g/mol. The smallest absolute Gasteiger partial charge is 0.0775 e. The molecule has 1 atom stereocenters. The third-order valence-corrected chi connectivity index (χ3v) is 4.38. The second-order valence-electron chi connectivity index (χ2n) is 6.20. The Hall–Kier alpha value is -1.64. The first-order valence-electron chi connectivity index (χ1n) is 7.65. The molecule has 0 fully saturated rings. The standard InChI is InChI=1S/C19H23NO/c1-20(2)13-18(21)19-16-9-5-3-7-14(16)11-12-15-8-4-6-10-17(15)19/h3-10,18-19,21H,11-13H2,1-2H3. The third kappa shape index (κ3) is 2.87. The normalized spacial score (nSPS) is 16.2. The minimum Gasteiger partial charge on any atom is -0.391 e. The number of hydrogen-bond acceptors (Lipinski definition) is 2. The summed E-state index contributed by atoms with van der Waals surface area (Å²) < 4.78 is 0. The largest absolute Gasteiger partial charge is 0.391 e. The zero-order valence-corrected chi connectivity index (χ0v) is 12.8. The molecule has 110 valence electrons. The summed E-state index contributed by atoms with van der Waals surface area (Å²) in [6, 6.07) is 17.1. The predicted octanol–water partition coefficient (Wildman–Crippen LogP) is 2.84. The van der Waals surface area contributed by atoms with Gasteiger partial charge in [-0.15, -0.1) is 0 Å². The molecule has 2 aromatic carbocycles. The van der Waals surface area contributed by atoms with Gasteiger partial charge in [0.2, 0.25) is 0 Å². The summed E-state index contributed by atoms with van der Waals surface area (Å²) >= 11 is 0. The Morgan fingerprint density at radius 2 is 1.43 bits per heavy atom. The fourth-order valence-electron chi connectivity index (χ4n) is 3.46. The highest BCUT2D eigenvalue weighted by Crippen LogP contribution is 2.36. The monoisotopic (exact) mass is 281 g/mol. The summed E-state index contributed by atoms with van der Waals surface area (Å²) in [5.41, 5.74) is 5.32. The van der Waals surface area contributed by atoms with Crippen molar-refractivity contribution in [2.24, 2.45) is 0 Å². The van der Waals surface area contributed by atoms with E-state index in [0.717, 1.165) is 12.8 Å². The molecule has 1 aliphatic carbocycles. The molecule has 1 aliphatic rings. The van der Waals surface area contributed by atoms with Crippen LogP contribution in [0.3, 0.4) is 0 Å². The zero-order chi connectivity index (χ0) is 14.8. The van der Waals surface area contributed by atoms with Crippen molar-refractivity contribution in [3.8, 4) is 0 Å². The van der Waals surface area contributed by atoms with E-state index in [-0.39, 0.29) is 12.0 Å². The summed E-state index contributed by atoms with van der Waals surface area (Å²) in [6.07, 6.45) is 1.72. The topological polar surface area (TPSA) is 23.5 Å². The molecule has 2 aromatic rings. The van der Waals surface area contributed by atoms with Crippen LogP contribution in [0, 0.1) is 0 Å². The van der Waals surface area contributed by atoms with E-state index >= 15 is 0 Å². The van der Waals surface area contributed by atoms with Crippen molar-refractivity contribution < 1.29 is 5.11 Å². The molecule has 2 heteroatoms. The van der Waals surface area contributed by atoms with Gasteiger partial charge in [-0.3, -0.25) is 0 Å². The third-order valence-electron chi connectivity index (χ3n) is 4.38. The van der Waals surface area contributed by atoms with Gasteiger partial charge in [-0.05, 0) is 49.2 Å². The van der Waals surface area contributed by atoms with Crippen LogP contribution in [-0.2, 0) is 12.8 Å². The molecule has 0 saturated heterocycles. The molecule has 1 N–H and O–H groups in total. The molecular formula is C19H23NO. The van der Waals surface area contributed by atoms with Crippen molar-refractivity contribution in [2.75, 3.05) is 20.6 Å². The quantitative estimate of drug-likeness (QED) is 0.935. The number of rotatable bonds is 3. The van der Waals surface area contributed by atoms with Gasteiger partial charge < -0.3 is 10.0 Å². The number of aliphatic hydroxyl groups excluding tert-OH is 1. The van der Waals surface area contributed by atoms with Crippen LogP contribution in [0.5, 0.6) is 0 Å². The lowest BCUT2D eigenvalue weighted by Crippen LogP contribution is -2.32. The molecule has 2 nitrogen and oxygen atoms in total. The van der Waals surface area contributed by atoms with Gasteiger partial charge in [0.1, 0.15) is 0 Å². The number of nitrogens with zero attached hydrogens (tertiary/aromatic N) is 1. The van der Waals surface area contributed by atoms with E-state index in [1.54, 1.807) is 0 Å². The van der Waals surface area contributed by atoms with E-state index in [4.69, 9.17) is 0 Å². The van der Waals surface area contributed by atoms with Crippen molar-refractivity contribution in [1.29, 1.82) is 0 Å². The first kappa shape index (κ1) is 14.3. The molecule has 0 bridgehead atoms. The van der Waals surface area contributed by atoms with Crippen LogP contribution in [0.25, 0.3) is 0 Å². The Morgan fingerprint density at radius 1 is 0.952 bits per heavy atom. The maximum atomic E-state index is 10.8. The van der Waals surface area contributed by atoms with E-state index in [2.05, 4.69) is 53.4 Å². The Kier molecular flexibility index (Phi) is 4.09. The molecular weight excluding hydrogens is 258 g/mol. The van der Waals surface area contributed by atoms with E-state index in [0.29, 0.717) is 6.54 Å². The van der Waals surface area contributed by atoms with Crippen molar-refractivity contribution in [3.05, 3.63) is 70.8 Å². The number of aliphatic hydroxyl groups is 1. The number of aryl methyl sites for hydroxylation is 2. The van der Waals surface area contributed by atoms with Gasteiger partial charge >= 0.3 is 0 Å². The fourth-order valence-corrected chi connectivity index (χ4v) is 3.46. The Labute approximate surface area is 127 Å². The number of benzene rings is 2. The Bertz CT molecular complexity index is 573. The van der Waals surface area contributed by atoms with Crippen molar-refractivity contribution in [1.82, 2.24) is 4.90 Å². The highest BCUT2D eigenvalue weighted by molar-refractivity contribution is 5.45. The lowest BCUT2D eigenvalue weighted by atomic mass is 9.84. The van der Waals surface area contributed by atoms with Crippen molar-refractivity contribution in [3.63, 3.8) is 0 Å². The lowest BCUT2D eigenvalue weighted by molar-refractivity contribution is 0.121. The summed E-state index contributed by atoms with van der Waals surface area (Å²) in [6.45, 7) is 0.674. The van der Waals surface area contributed by atoms with E-state index in [9.17, 15) is 5.11 Å². The summed E-state index contributed by atoms with van der Waals surface area (Å²) in [5, 5.41) is 10.8. The molecule has 1 unspecified atom stereocenters. The second kappa shape index (κ2) is 6.00. The number of likely N-dealkylation sites (N-methyl/N-ethyl adjacent to an activating group) is 1. The van der Waals surface area contributed by atoms with Crippen LogP contribution in [0.2, 0.25) is 0 Å². The van der Waals surface area contributed by atoms with Gasteiger partial charge in [0, 0.05) is 12.5 Å². The number of fused-ring (bicyclic) bond motifs is 2. The highest BCUT2D eigenvalue weighted by Gasteiger charge is 2.29. The molecule has 21 heavy (non-hydrogen) atoms. The molecule has 0 aromatic heterocycles. The molecule has 0 aliphatic heterocycles. The molecule has 0 amide bonds. The molecule has 3 rings (SSSR count). The van der Waals surface area contributed by atoms with Gasteiger partial charge in [-0.25, -0.2) is 0 Å². The summed E-state index contributed by atoms with van der Waals surface area (Å²) in [4.78, 5) is 2.06. The van der Waals surface area contributed by atoms with Gasteiger partial charge in [-0.2, -0.15) is 0 Å². The molecule has 0 spiro atoms. The van der Waals surface area contributed by atoms with Crippen molar-refractivity contribution in [2.45, 2.75) is 24.9 Å². The Balaban J connectivity index is 2.11. The fraction of sp³-hybridized carbons (Fsp3) is 0.368. The predicted molar refractivity (Wildman–Crippen MR) is 86.7 cm³/mol. The van der Waals surface area contributed by atoms with Gasteiger partial charge in [0.05, 0.1) is 6.10 Å². The SMILES string of the molecule is CN(C)CC(O)C1c2ccccc2CCc2ccccc21. The lowest BCUT2D eigenvalue weighted by Gasteiger charge is -2.27. The van der Waals surface area contributed by atoms with Crippen LogP contribution < -0.4 is 0 Å². The van der Waals surface area contributed by atoms with E-state index in [1.807, 2.05) is 14.1 Å². The van der Waals surface area contributed by atoms with Crippen molar-refractivity contribution >= 4 is 0 Å². The maximum Gasteiger partial charge on any atom is 0.0775 e. The Morgan fingerprint density at radius 3 is 1.90 bits per heavy atom. The van der Waals surface area contributed by atoms with Crippen LogP contribution in [0.1, 0.15) is 28.2 Å². The van der Waals surface area contributed by atoms with Crippen LogP contribution in [0.4, 0.5) is 0 Å². The van der Waals surface area contributed by atoms with E-state index in [1.165, 1.54) is 22.3 Å². The minimum atomic E-state index is -0.389. The highest BCUT2D eigenvalue weighted by atomic mass is 16.3. The zero-order valence-electron chi connectivity index (χ0n) is 12.8. The average Bonchev–Trinajstić information content (AvgIpc) is 2.63. The number of hydrogen-bond donors (Lipinski definition) is 1. The maximum absolute atomic E-state index is 10.8. The molecule has 0 saturated carbocycles. The van der Waals surface area contributed by atoms with Crippen LogP contribution in [-0.4, -0.2) is 36.8 Å². The second-order valence-corrected chi connectivity index (χ2v) is 6.20. The first-order valence-corrected chi connectivity index (χ1v) is 7.65. The van der Waals surface area contributed by atoms with Gasteiger partial charge in [0.15, 0.2) is 0 Å². The van der Waals surface area contributed by atoms with E-state index < -0.39 is 0 Å². The summed E-state index contributed by atoms with van der Waals surface area (Å²) in [5.74, 6) is 0.0716. The minimum absolute atomic E-state index is 0.0716. The summed E-state index contributed by atoms with van der Waals surface area (Å²) in [7, 11) is 4.02. The van der Waals surface area contributed by atoms with Crippen LogP contribution >= 0.6 is 0 Å². The van der Waals surface area contributed by atoms with Gasteiger partial charge in [-0.1, -0.05) is 48.5 Å². The molecule has 0 radical (unpaired) electrons. The van der Waals surface area contributed by atoms with Gasteiger partial charge in [0.25, 0.3) is 0 Å². The molecule has 0 heterocycles.